The summed E-state index contributed by atoms with van der Waals surface area (Å²) in [4.78, 5) is 25.5. The maximum atomic E-state index is 12.8. The van der Waals surface area contributed by atoms with Crippen LogP contribution in [0.15, 0.2) is 121 Å². The molecule has 250 valence electrons. The number of carbonyl (C=O) groups excluding carboxylic acids is 2. The van der Waals surface area contributed by atoms with Crippen LogP contribution in [0.5, 0.6) is 11.5 Å². The molecule has 0 aliphatic rings. The van der Waals surface area contributed by atoms with Gasteiger partial charge in [0.15, 0.2) is 0 Å². The molecule has 0 aromatic heterocycles. The van der Waals surface area contributed by atoms with E-state index in [2.05, 4.69) is 12.1 Å². The Kier molecular flexibility index (Phi) is 12.0. The summed E-state index contributed by atoms with van der Waals surface area (Å²) in [6.45, 7) is 4.83. The summed E-state index contributed by atoms with van der Waals surface area (Å²) >= 11 is 0. The van der Waals surface area contributed by atoms with Crippen molar-refractivity contribution in [2.24, 2.45) is 11.8 Å². The van der Waals surface area contributed by atoms with Crippen molar-refractivity contribution in [1.29, 1.82) is 10.5 Å². The highest BCUT2D eigenvalue weighted by Gasteiger charge is 2.16. The van der Waals surface area contributed by atoms with Crippen LogP contribution in [0, 0.1) is 34.5 Å². The number of carbonyl (C=O) groups is 2. The number of rotatable bonds is 14. The Morgan fingerprint density at radius 3 is 1.20 bits per heavy atom. The normalized spacial score (nSPS) is 11.7. The minimum atomic E-state index is -0.537. The molecule has 8 heteroatoms. The van der Waals surface area contributed by atoms with Crippen molar-refractivity contribution in [1.82, 2.24) is 0 Å². The van der Waals surface area contributed by atoms with Gasteiger partial charge in [0.05, 0.1) is 60.8 Å². The molecular weight excluding hydrogens is 628 g/mol. The molecule has 0 saturated heterocycles. The van der Waals surface area contributed by atoms with E-state index in [1.54, 1.807) is 42.5 Å². The zero-order chi connectivity index (χ0) is 35.3. The molecule has 5 rings (SSSR count). The minimum absolute atomic E-state index is 0.0745. The third-order valence-corrected chi connectivity index (χ3v) is 7.80. The first-order valence-electron chi connectivity index (χ1n) is 16.2. The predicted molar refractivity (Wildman–Crippen MR) is 190 cm³/mol. The summed E-state index contributed by atoms with van der Waals surface area (Å²) in [5, 5.41) is 18.0. The van der Waals surface area contributed by atoms with Crippen LogP contribution in [-0.2, 0) is 9.47 Å². The van der Waals surface area contributed by atoms with E-state index in [-0.39, 0.29) is 36.2 Å². The molecule has 5 aromatic rings. The van der Waals surface area contributed by atoms with Crippen LogP contribution in [-0.4, -0.2) is 38.4 Å². The lowest BCUT2D eigenvalue weighted by Gasteiger charge is -2.15. The molecule has 0 spiro atoms. The van der Waals surface area contributed by atoms with Crippen LogP contribution >= 0.6 is 0 Å². The van der Waals surface area contributed by atoms with Crippen molar-refractivity contribution in [3.8, 4) is 45.9 Å². The average Bonchev–Trinajstić information content (AvgIpc) is 3.18. The molecule has 0 saturated carbocycles. The van der Waals surface area contributed by atoms with Gasteiger partial charge in [0.25, 0.3) is 0 Å². The molecule has 50 heavy (non-hydrogen) atoms. The fourth-order valence-electron chi connectivity index (χ4n) is 4.91. The van der Waals surface area contributed by atoms with E-state index >= 15 is 0 Å². The zero-order valence-corrected chi connectivity index (χ0v) is 27.9. The van der Waals surface area contributed by atoms with Crippen molar-refractivity contribution in [2.45, 2.75) is 13.8 Å². The van der Waals surface area contributed by atoms with Gasteiger partial charge in [-0.15, -0.1) is 0 Å². The number of nitriles is 2. The Bertz CT molecular complexity index is 1830. The van der Waals surface area contributed by atoms with Crippen molar-refractivity contribution in [3.63, 3.8) is 0 Å². The number of esters is 2. The van der Waals surface area contributed by atoms with Crippen LogP contribution in [0.3, 0.4) is 0 Å². The van der Waals surface area contributed by atoms with Gasteiger partial charge in [-0.1, -0.05) is 68.4 Å². The van der Waals surface area contributed by atoms with E-state index in [9.17, 15) is 9.59 Å². The molecule has 8 nitrogen and oxygen atoms in total. The van der Waals surface area contributed by atoms with E-state index in [4.69, 9.17) is 29.5 Å². The van der Waals surface area contributed by atoms with E-state index < -0.39 is 11.9 Å². The van der Waals surface area contributed by atoms with Crippen LogP contribution in [0.1, 0.15) is 45.7 Å². The molecular formula is C42H36N2O6. The van der Waals surface area contributed by atoms with Crippen LogP contribution in [0.2, 0.25) is 0 Å². The number of nitrogens with zero attached hydrogens (tertiary/aromatic N) is 2. The van der Waals surface area contributed by atoms with Gasteiger partial charge in [-0.25, -0.2) is 9.59 Å². The highest BCUT2D eigenvalue weighted by Crippen LogP contribution is 2.24. The van der Waals surface area contributed by atoms with Gasteiger partial charge >= 0.3 is 11.9 Å². The second kappa shape index (κ2) is 17.1. The Labute approximate surface area is 292 Å². The van der Waals surface area contributed by atoms with Crippen molar-refractivity contribution in [3.05, 3.63) is 144 Å². The Balaban J connectivity index is 1.02. The lowest BCUT2D eigenvalue weighted by atomic mass is 10.0. The molecule has 0 aliphatic carbocycles. The maximum absolute atomic E-state index is 12.8. The number of benzene rings is 5. The summed E-state index contributed by atoms with van der Waals surface area (Å²) in [5.41, 5.74) is 5.78. The van der Waals surface area contributed by atoms with Crippen LogP contribution < -0.4 is 9.47 Å². The number of hydrogen-bond acceptors (Lipinski definition) is 8. The van der Waals surface area contributed by atoms with Gasteiger partial charge in [0.2, 0.25) is 0 Å². The van der Waals surface area contributed by atoms with Gasteiger partial charge in [0, 0.05) is 11.8 Å². The molecule has 0 aliphatic heterocycles. The first-order valence-corrected chi connectivity index (χ1v) is 16.2. The zero-order valence-electron chi connectivity index (χ0n) is 27.9. The van der Waals surface area contributed by atoms with Gasteiger partial charge in [-0.2, -0.15) is 10.5 Å². The molecule has 0 heterocycles. The van der Waals surface area contributed by atoms with E-state index in [0.717, 1.165) is 22.3 Å². The SMILES string of the molecule is CC(COC(=O)c1cccc(C(=O)OCC(C)COc2ccc(-c3ccc(C#N)cc3)cc2)c1)COc1ccc(-c2ccc(C#N)cc2)cc1. The third-order valence-electron chi connectivity index (χ3n) is 7.80. The summed E-state index contributed by atoms with van der Waals surface area (Å²) in [6, 6.07) is 40.6. The molecule has 0 N–H and O–H groups in total. The van der Waals surface area contributed by atoms with E-state index in [1.165, 1.54) is 6.07 Å². The Morgan fingerprint density at radius 1 is 0.520 bits per heavy atom. The molecule has 0 amide bonds. The number of hydrogen-bond donors (Lipinski definition) is 0. The second-order valence-corrected chi connectivity index (χ2v) is 12.0. The lowest BCUT2D eigenvalue weighted by molar-refractivity contribution is 0.0413. The van der Waals surface area contributed by atoms with Gasteiger partial charge in [-0.3, -0.25) is 0 Å². The predicted octanol–water partition coefficient (Wildman–Crippen LogP) is 8.51. The molecule has 0 radical (unpaired) electrons. The molecule has 2 atom stereocenters. The topological polar surface area (TPSA) is 119 Å². The highest BCUT2D eigenvalue weighted by atomic mass is 16.5. The standard InChI is InChI=1S/C42H36N2O6/c1-29(25-47-39-18-14-35(15-19-39)33-10-6-31(23-43)7-11-33)27-49-41(45)37-4-3-5-38(22-37)42(46)50-28-30(2)26-48-40-20-16-36(17-21-40)34-12-8-32(24-44)9-13-34/h3-22,29-30H,25-28H2,1-2H3. The number of ether oxygens (including phenoxy) is 4. The molecule has 5 aromatic carbocycles. The van der Waals surface area contributed by atoms with E-state index in [0.29, 0.717) is 35.8 Å². The second-order valence-electron chi connectivity index (χ2n) is 12.0. The van der Waals surface area contributed by atoms with Gasteiger partial charge < -0.3 is 18.9 Å². The quantitative estimate of drug-likeness (QED) is 0.108. The Morgan fingerprint density at radius 2 is 0.860 bits per heavy atom. The summed E-state index contributed by atoms with van der Waals surface area (Å²) < 4.78 is 22.8. The smallest absolute Gasteiger partial charge is 0.338 e. The summed E-state index contributed by atoms with van der Waals surface area (Å²) in [6.07, 6.45) is 0. The van der Waals surface area contributed by atoms with Gasteiger partial charge in [0.1, 0.15) is 11.5 Å². The molecule has 0 fully saturated rings. The summed E-state index contributed by atoms with van der Waals surface area (Å²) in [7, 11) is 0. The highest BCUT2D eigenvalue weighted by molar-refractivity contribution is 5.95. The minimum Gasteiger partial charge on any atom is -0.493 e. The fourth-order valence-corrected chi connectivity index (χ4v) is 4.91. The molecule has 0 bridgehead atoms. The van der Waals surface area contributed by atoms with Crippen molar-refractivity contribution in [2.75, 3.05) is 26.4 Å². The summed E-state index contributed by atoms with van der Waals surface area (Å²) in [5.74, 6) is 0.171. The van der Waals surface area contributed by atoms with E-state index in [1.807, 2.05) is 86.6 Å². The molecule has 2 unspecified atom stereocenters. The third kappa shape index (κ3) is 9.82. The van der Waals surface area contributed by atoms with Crippen molar-refractivity contribution < 1.29 is 28.5 Å². The van der Waals surface area contributed by atoms with Gasteiger partial charge in [-0.05, 0) is 89.0 Å². The largest absolute Gasteiger partial charge is 0.493 e. The first-order chi connectivity index (χ1) is 24.3. The average molecular weight is 665 g/mol. The lowest BCUT2D eigenvalue weighted by Crippen LogP contribution is -2.19. The van der Waals surface area contributed by atoms with Crippen molar-refractivity contribution >= 4 is 11.9 Å². The first kappa shape index (κ1) is 34.9. The van der Waals surface area contributed by atoms with Crippen LogP contribution in [0.4, 0.5) is 0 Å². The fraction of sp³-hybridized carbons (Fsp3) is 0.190. The maximum Gasteiger partial charge on any atom is 0.338 e. The van der Waals surface area contributed by atoms with Crippen LogP contribution in [0.25, 0.3) is 22.3 Å². The Hall–Kier alpha value is -6.38. The monoisotopic (exact) mass is 664 g/mol.